The molecule has 0 fully saturated rings. The van der Waals surface area contributed by atoms with Crippen LogP contribution in [0, 0.1) is 11.3 Å². The Morgan fingerprint density at radius 3 is 2.69 bits per heavy atom. The molecule has 0 radical (unpaired) electrons. The minimum Gasteiger partial charge on any atom is -0.493 e. The minimum atomic E-state index is -1.12. The molecule has 0 unspecified atom stereocenters. The second-order valence-corrected chi connectivity index (χ2v) is 5.40. The van der Waals surface area contributed by atoms with Gasteiger partial charge in [0.2, 0.25) is 5.89 Å². The van der Waals surface area contributed by atoms with Crippen molar-refractivity contribution in [3.05, 3.63) is 60.0 Å². The first-order chi connectivity index (χ1) is 12.7. The standard InChI is InChI=1S/C20H16N2O4/c1-24-18-9-5-6-13(19(18)25-2)10-11-16(23)14(12-21)20-22-15-7-3-4-8-17(15)26-20/h3-11,14H,1-2H3/b11-10+/t14-/m0/s1. The van der Waals surface area contributed by atoms with Gasteiger partial charge in [-0.1, -0.05) is 24.3 Å². The van der Waals surface area contributed by atoms with Crippen LogP contribution in [-0.4, -0.2) is 25.0 Å². The van der Waals surface area contributed by atoms with Gasteiger partial charge in [0.25, 0.3) is 0 Å². The topological polar surface area (TPSA) is 85.4 Å². The molecule has 1 heterocycles. The highest BCUT2D eigenvalue weighted by molar-refractivity contribution is 6.00. The number of methoxy groups -OCH3 is 2. The maximum Gasteiger partial charge on any atom is 0.220 e. The summed E-state index contributed by atoms with van der Waals surface area (Å²) in [5.41, 5.74) is 1.80. The number of fused-ring (bicyclic) bond motifs is 1. The van der Waals surface area contributed by atoms with Gasteiger partial charge in [-0.05, 0) is 30.4 Å². The van der Waals surface area contributed by atoms with Crippen molar-refractivity contribution in [1.82, 2.24) is 4.98 Å². The Hall–Kier alpha value is -3.59. The van der Waals surface area contributed by atoms with Gasteiger partial charge in [-0.3, -0.25) is 4.79 Å². The molecule has 0 saturated carbocycles. The van der Waals surface area contributed by atoms with E-state index in [9.17, 15) is 10.1 Å². The van der Waals surface area contributed by atoms with Crippen LogP contribution in [0.4, 0.5) is 0 Å². The molecule has 6 heteroatoms. The van der Waals surface area contributed by atoms with Gasteiger partial charge in [0.1, 0.15) is 5.52 Å². The summed E-state index contributed by atoms with van der Waals surface area (Å²) in [5, 5.41) is 9.41. The van der Waals surface area contributed by atoms with Crippen molar-refractivity contribution in [1.29, 1.82) is 5.26 Å². The number of ether oxygens (including phenoxy) is 2. The monoisotopic (exact) mass is 348 g/mol. The van der Waals surface area contributed by atoms with Gasteiger partial charge in [-0.2, -0.15) is 5.26 Å². The smallest absolute Gasteiger partial charge is 0.220 e. The Morgan fingerprint density at radius 1 is 1.19 bits per heavy atom. The molecule has 3 rings (SSSR count). The van der Waals surface area contributed by atoms with Crippen LogP contribution in [0.2, 0.25) is 0 Å². The number of oxazole rings is 1. The van der Waals surface area contributed by atoms with Gasteiger partial charge in [-0.15, -0.1) is 0 Å². The molecule has 1 atom stereocenters. The van der Waals surface area contributed by atoms with Gasteiger partial charge in [0.15, 0.2) is 28.8 Å². The molecule has 2 aromatic carbocycles. The Morgan fingerprint density at radius 2 is 2.00 bits per heavy atom. The van der Waals surface area contributed by atoms with E-state index in [2.05, 4.69) is 4.98 Å². The largest absolute Gasteiger partial charge is 0.493 e. The van der Waals surface area contributed by atoms with Crippen molar-refractivity contribution in [3.8, 4) is 17.6 Å². The molecule has 0 aliphatic carbocycles. The Kier molecular flexibility index (Phi) is 4.99. The number of carbonyl (C=O) groups excluding carboxylic acids is 1. The van der Waals surface area contributed by atoms with E-state index < -0.39 is 11.7 Å². The number of carbonyl (C=O) groups is 1. The van der Waals surface area contributed by atoms with Gasteiger partial charge < -0.3 is 13.9 Å². The van der Waals surface area contributed by atoms with Gasteiger partial charge in [-0.25, -0.2) is 4.98 Å². The number of benzene rings is 2. The van der Waals surface area contributed by atoms with E-state index in [1.165, 1.54) is 20.3 Å². The summed E-state index contributed by atoms with van der Waals surface area (Å²) in [4.78, 5) is 16.7. The summed E-state index contributed by atoms with van der Waals surface area (Å²) in [6.45, 7) is 0. The number of para-hydroxylation sites is 3. The summed E-state index contributed by atoms with van der Waals surface area (Å²) in [5.74, 6) is -0.396. The molecule has 0 saturated heterocycles. The van der Waals surface area contributed by atoms with E-state index in [1.807, 2.05) is 12.1 Å². The van der Waals surface area contributed by atoms with Crippen molar-refractivity contribution < 1.29 is 18.7 Å². The lowest BCUT2D eigenvalue weighted by atomic mass is 10.0. The predicted molar refractivity (Wildman–Crippen MR) is 96.0 cm³/mol. The first-order valence-corrected chi connectivity index (χ1v) is 7.86. The maximum atomic E-state index is 12.5. The molecule has 26 heavy (non-hydrogen) atoms. The molecule has 0 aliphatic rings. The fraction of sp³-hybridized carbons (Fsp3) is 0.150. The van der Waals surface area contributed by atoms with Crippen molar-refractivity contribution in [2.45, 2.75) is 5.92 Å². The third-order valence-corrected chi connectivity index (χ3v) is 3.83. The van der Waals surface area contributed by atoms with Crippen LogP contribution in [0.5, 0.6) is 11.5 Å². The van der Waals surface area contributed by atoms with Crippen LogP contribution in [0.1, 0.15) is 17.4 Å². The molecule has 3 aromatic rings. The van der Waals surface area contributed by atoms with Gasteiger partial charge in [0, 0.05) is 5.56 Å². The lowest BCUT2D eigenvalue weighted by Gasteiger charge is -2.09. The highest BCUT2D eigenvalue weighted by atomic mass is 16.5. The van der Waals surface area contributed by atoms with Gasteiger partial charge in [0.05, 0.1) is 20.3 Å². The highest BCUT2D eigenvalue weighted by Crippen LogP contribution is 2.31. The number of nitrogens with zero attached hydrogens (tertiary/aromatic N) is 2. The van der Waals surface area contributed by atoms with Crippen LogP contribution in [0.3, 0.4) is 0 Å². The average Bonchev–Trinajstić information content (AvgIpc) is 3.10. The number of rotatable bonds is 6. The summed E-state index contributed by atoms with van der Waals surface area (Å²) >= 11 is 0. The fourth-order valence-corrected chi connectivity index (χ4v) is 2.57. The SMILES string of the molecule is COc1cccc(/C=C/C(=O)[C@H](C#N)c2nc3ccccc3o2)c1OC. The highest BCUT2D eigenvalue weighted by Gasteiger charge is 2.24. The molecule has 130 valence electrons. The fourth-order valence-electron chi connectivity index (χ4n) is 2.57. The molecule has 0 bridgehead atoms. The second-order valence-electron chi connectivity index (χ2n) is 5.40. The van der Waals surface area contributed by atoms with Crippen LogP contribution in [0.25, 0.3) is 17.2 Å². The second kappa shape index (κ2) is 7.53. The molecule has 0 spiro atoms. The number of allylic oxidation sites excluding steroid dienone is 1. The molecule has 1 aromatic heterocycles. The zero-order chi connectivity index (χ0) is 18.5. The van der Waals surface area contributed by atoms with Crippen LogP contribution < -0.4 is 9.47 Å². The number of nitriles is 1. The molecule has 6 nitrogen and oxygen atoms in total. The molecular formula is C20H16N2O4. The summed E-state index contributed by atoms with van der Waals surface area (Å²) in [6, 6.07) is 14.4. The number of hydrogen-bond donors (Lipinski definition) is 0. The first kappa shape index (κ1) is 17.2. The van der Waals surface area contributed by atoms with E-state index >= 15 is 0 Å². The van der Waals surface area contributed by atoms with Crippen LogP contribution in [0.15, 0.2) is 53.0 Å². The van der Waals surface area contributed by atoms with Crippen molar-refractivity contribution in [2.24, 2.45) is 0 Å². The number of aromatic nitrogens is 1. The first-order valence-electron chi connectivity index (χ1n) is 7.86. The molecular weight excluding hydrogens is 332 g/mol. The lowest BCUT2D eigenvalue weighted by molar-refractivity contribution is -0.115. The minimum absolute atomic E-state index is 0.0842. The van der Waals surface area contributed by atoms with E-state index in [0.29, 0.717) is 28.2 Å². The Bertz CT molecular complexity index is 981. The Labute approximate surface area is 150 Å². The zero-order valence-electron chi connectivity index (χ0n) is 14.3. The average molecular weight is 348 g/mol. The van der Waals surface area contributed by atoms with Crippen molar-refractivity contribution in [2.75, 3.05) is 14.2 Å². The van der Waals surface area contributed by atoms with Crippen LogP contribution in [-0.2, 0) is 4.79 Å². The maximum absolute atomic E-state index is 12.5. The summed E-state index contributed by atoms with van der Waals surface area (Å²) < 4.78 is 16.1. The third-order valence-electron chi connectivity index (χ3n) is 3.83. The van der Waals surface area contributed by atoms with Crippen LogP contribution >= 0.6 is 0 Å². The van der Waals surface area contributed by atoms with E-state index in [0.717, 1.165) is 0 Å². The van der Waals surface area contributed by atoms with Crippen molar-refractivity contribution >= 4 is 23.0 Å². The normalized spacial score (nSPS) is 12.0. The van der Waals surface area contributed by atoms with Gasteiger partial charge >= 0.3 is 0 Å². The van der Waals surface area contributed by atoms with Crippen molar-refractivity contribution in [3.63, 3.8) is 0 Å². The number of hydrogen-bond acceptors (Lipinski definition) is 6. The van der Waals surface area contributed by atoms with E-state index in [4.69, 9.17) is 13.9 Å². The summed E-state index contributed by atoms with van der Waals surface area (Å²) in [7, 11) is 3.06. The quantitative estimate of drug-likeness (QED) is 0.631. The van der Waals surface area contributed by atoms with E-state index in [1.54, 1.807) is 42.5 Å². The molecule has 0 N–H and O–H groups in total. The molecule has 0 aliphatic heterocycles. The summed E-state index contributed by atoms with van der Waals surface area (Å²) in [6.07, 6.45) is 2.90. The predicted octanol–water partition coefficient (Wildman–Crippen LogP) is 3.73. The number of ketones is 1. The van der Waals surface area contributed by atoms with E-state index in [-0.39, 0.29) is 5.89 Å². The zero-order valence-corrected chi connectivity index (χ0v) is 14.3. The Balaban J connectivity index is 1.88. The third kappa shape index (κ3) is 3.28. The lowest BCUT2D eigenvalue weighted by Crippen LogP contribution is -2.08. The molecule has 0 amide bonds.